The van der Waals surface area contributed by atoms with Gasteiger partial charge in [-0.15, -0.1) is 0 Å². The number of rotatable bonds is 1. The van der Waals surface area contributed by atoms with Crippen molar-refractivity contribution in [2.24, 2.45) is 0 Å². The number of anilines is 1. The van der Waals surface area contributed by atoms with Crippen LogP contribution in [-0.4, -0.2) is 18.7 Å². The van der Waals surface area contributed by atoms with Gasteiger partial charge in [0.15, 0.2) is 0 Å². The maximum Gasteiger partial charge on any atom is 0.255 e. The molecule has 0 radical (unpaired) electrons. The molecule has 4 rings (SSSR count). The van der Waals surface area contributed by atoms with Gasteiger partial charge in [0.25, 0.3) is 5.91 Å². The molecule has 0 saturated carbocycles. The zero-order valence-electron chi connectivity index (χ0n) is 11.9. The molecular weight excluding hydrogens is 335 g/mol. The zero-order chi connectivity index (χ0) is 16.0. The van der Waals surface area contributed by atoms with Crippen LogP contribution in [0.1, 0.15) is 15.9 Å². The van der Waals surface area contributed by atoms with Crippen LogP contribution in [0.3, 0.4) is 0 Å². The predicted octanol–water partition coefficient (Wildman–Crippen LogP) is 3.95. The van der Waals surface area contributed by atoms with Crippen molar-refractivity contribution in [1.82, 2.24) is 5.32 Å². The molecule has 6 heteroatoms. The van der Waals surface area contributed by atoms with E-state index in [0.29, 0.717) is 28.0 Å². The number of fused-ring (bicyclic) bond motifs is 2. The molecule has 2 N–H and O–H groups in total. The number of amides is 1. The summed E-state index contributed by atoms with van der Waals surface area (Å²) in [5.74, 6) is 0.502. The first-order valence-corrected chi connectivity index (χ1v) is 7.86. The molecule has 0 aromatic heterocycles. The van der Waals surface area contributed by atoms with E-state index < -0.39 is 0 Å². The number of ether oxygens (including phenoxy) is 1. The van der Waals surface area contributed by atoms with Crippen LogP contribution in [0.15, 0.2) is 42.0 Å². The second kappa shape index (κ2) is 5.48. The molecule has 0 aliphatic carbocycles. The monoisotopic (exact) mass is 346 g/mol. The van der Waals surface area contributed by atoms with E-state index in [2.05, 4.69) is 10.6 Å². The highest BCUT2D eigenvalue weighted by Crippen LogP contribution is 2.37. The number of hydrogen-bond donors (Lipinski definition) is 2. The van der Waals surface area contributed by atoms with Crippen LogP contribution in [0, 0.1) is 0 Å². The highest BCUT2D eigenvalue weighted by molar-refractivity contribution is 6.36. The van der Waals surface area contributed by atoms with Gasteiger partial charge in [0.05, 0.1) is 10.6 Å². The molecule has 2 aromatic rings. The number of carbonyl (C=O) groups is 1. The second-order valence-electron chi connectivity index (χ2n) is 5.41. The van der Waals surface area contributed by atoms with Gasteiger partial charge in [0.2, 0.25) is 0 Å². The van der Waals surface area contributed by atoms with Crippen molar-refractivity contribution in [2.45, 2.75) is 6.17 Å². The molecule has 1 amide bonds. The number of nitrogens with one attached hydrogen (secondary N) is 2. The van der Waals surface area contributed by atoms with Crippen LogP contribution in [-0.2, 0) is 0 Å². The van der Waals surface area contributed by atoms with E-state index in [4.69, 9.17) is 27.9 Å². The van der Waals surface area contributed by atoms with Gasteiger partial charge in [0.1, 0.15) is 18.5 Å². The van der Waals surface area contributed by atoms with Crippen molar-refractivity contribution in [2.75, 3.05) is 11.9 Å². The van der Waals surface area contributed by atoms with Crippen molar-refractivity contribution in [3.8, 4) is 5.75 Å². The van der Waals surface area contributed by atoms with Gasteiger partial charge in [-0.3, -0.25) is 4.79 Å². The molecule has 0 fully saturated rings. The van der Waals surface area contributed by atoms with Gasteiger partial charge in [-0.05, 0) is 30.3 Å². The minimum atomic E-state index is -0.330. The third-order valence-corrected chi connectivity index (χ3v) is 4.38. The normalized spacial score (nSPS) is 18.8. The molecule has 0 saturated heterocycles. The lowest BCUT2D eigenvalue weighted by Crippen LogP contribution is -2.47. The first-order valence-electron chi connectivity index (χ1n) is 7.10. The summed E-state index contributed by atoms with van der Waals surface area (Å²) < 4.78 is 5.75. The van der Waals surface area contributed by atoms with Crippen molar-refractivity contribution >= 4 is 40.9 Å². The lowest BCUT2D eigenvalue weighted by atomic mass is 10.0. The van der Waals surface area contributed by atoms with Crippen molar-refractivity contribution < 1.29 is 9.53 Å². The molecule has 2 aromatic carbocycles. The van der Waals surface area contributed by atoms with E-state index in [1.54, 1.807) is 18.2 Å². The fourth-order valence-corrected chi connectivity index (χ4v) is 3.36. The molecule has 2 aliphatic rings. The number of hydrogen-bond acceptors (Lipinski definition) is 3. The Balaban J connectivity index is 1.70. The molecule has 0 bridgehead atoms. The van der Waals surface area contributed by atoms with Gasteiger partial charge in [-0.1, -0.05) is 35.3 Å². The summed E-state index contributed by atoms with van der Waals surface area (Å²) >= 11 is 12.2. The minimum absolute atomic E-state index is 0.111. The summed E-state index contributed by atoms with van der Waals surface area (Å²) in [6.07, 6.45) is 1.62. The third kappa shape index (κ3) is 2.54. The average molecular weight is 347 g/mol. The lowest BCUT2D eigenvalue weighted by Gasteiger charge is -2.31. The second-order valence-corrected chi connectivity index (χ2v) is 6.25. The van der Waals surface area contributed by atoms with Gasteiger partial charge in [-0.2, -0.15) is 0 Å². The minimum Gasteiger partial charge on any atom is -0.487 e. The quantitative estimate of drug-likeness (QED) is 0.821. The van der Waals surface area contributed by atoms with Gasteiger partial charge in [0, 0.05) is 21.8 Å². The Morgan fingerprint density at radius 3 is 2.83 bits per heavy atom. The number of halogens is 2. The Bertz CT molecular complexity index is 848. The number of para-hydroxylation sites is 1. The summed E-state index contributed by atoms with van der Waals surface area (Å²) in [5.41, 5.74) is 3.14. The van der Waals surface area contributed by atoms with E-state index in [1.807, 2.05) is 24.3 Å². The molecule has 0 spiro atoms. The summed E-state index contributed by atoms with van der Waals surface area (Å²) in [6, 6.07) is 10.8. The summed E-state index contributed by atoms with van der Waals surface area (Å²) in [4.78, 5) is 12.2. The largest absolute Gasteiger partial charge is 0.487 e. The van der Waals surface area contributed by atoms with Gasteiger partial charge in [-0.25, -0.2) is 0 Å². The molecule has 0 unspecified atom stereocenters. The average Bonchev–Trinajstić information content (AvgIpc) is 2.54. The van der Waals surface area contributed by atoms with Crippen molar-refractivity contribution in [1.29, 1.82) is 0 Å². The Kier molecular flexibility index (Phi) is 3.43. The topological polar surface area (TPSA) is 50.4 Å². The maximum atomic E-state index is 12.2. The molecule has 4 nitrogen and oxygen atoms in total. The van der Waals surface area contributed by atoms with Crippen LogP contribution in [0.5, 0.6) is 5.75 Å². The summed E-state index contributed by atoms with van der Waals surface area (Å²) in [5, 5.41) is 7.27. The highest BCUT2D eigenvalue weighted by Gasteiger charge is 2.28. The van der Waals surface area contributed by atoms with Gasteiger partial charge < -0.3 is 15.4 Å². The Morgan fingerprint density at radius 1 is 1.13 bits per heavy atom. The first-order chi connectivity index (χ1) is 11.1. The van der Waals surface area contributed by atoms with Crippen LogP contribution in [0.2, 0.25) is 10.0 Å². The van der Waals surface area contributed by atoms with E-state index in [9.17, 15) is 4.79 Å². The Hall–Kier alpha value is -2.17. The van der Waals surface area contributed by atoms with Crippen molar-refractivity contribution in [3.05, 3.63) is 63.1 Å². The third-order valence-electron chi connectivity index (χ3n) is 3.88. The molecule has 116 valence electrons. The first kappa shape index (κ1) is 14.4. The smallest absolute Gasteiger partial charge is 0.255 e. The molecule has 2 aliphatic heterocycles. The zero-order valence-corrected chi connectivity index (χ0v) is 13.4. The summed E-state index contributed by atoms with van der Waals surface area (Å²) in [6.45, 7) is 0.342. The molecule has 1 atom stereocenters. The molecule has 2 heterocycles. The number of carbonyl (C=O) groups excluding carboxylic acids is 1. The predicted molar refractivity (Wildman–Crippen MR) is 91.3 cm³/mol. The van der Waals surface area contributed by atoms with E-state index >= 15 is 0 Å². The van der Waals surface area contributed by atoms with Crippen LogP contribution in [0.25, 0.3) is 6.08 Å². The van der Waals surface area contributed by atoms with E-state index in [1.165, 1.54) is 0 Å². The highest BCUT2D eigenvalue weighted by atomic mass is 35.5. The van der Waals surface area contributed by atoms with Gasteiger partial charge >= 0.3 is 0 Å². The fourth-order valence-electron chi connectivity index (χ4n) is 2.80. The lowest BCUT2D eigenvalue weighted by molar-refractivity contribution is 0.0940. The standard InChI is InChI=1S/C17H12Cl2N2O2/c18-11-6-9-5-10(8-23-15(9)13(19)7-11)16-20-14-4-2-1-3-12(14)17(22)21-16/h1-7,16,20H,8H2,(H,21,22)/t16-/m1/s1. The maximum absolute atomic E-state index is 12.2. The number of benzene rings is 2. The van der Waals surface area contributed by atoms with Crippen LogP contribution >= 0.6 is 23.2 Å². The Labute approximate surface area is 143 Å². The Morgan fingerprint density at radius 2 is 1.96 bits per heavy atom. The van der Waals surface area contributed by atoms with Crippen LogP contribution in [0.4, 0.5) is 5.69 Å². The molecular formula is C17H12Cl2N2O2. The SMILES string of the molecule is O=C1N[C@H](C2=Cc3cc(Cl)cc(Cl)c3OC2)Nc2ccccc21. The fraction of sp³-hybridized carbons (Fsp3) is 0.118. The van der Waals surface area contributed by atoms with Crippen LogP contribution < -0.4 is 15.4 Å². The van der Waals surface area contributed by atoms with Crippen molar-refractivity contribution in [3.63, 3.8) is 0 Å². The summed E-state index contributed by atoms with van der Waals surface area (Å²) in [7, 11) is 0. The van der Waals surface area contributed by atoms with E-state index in [0.717, 1.165) is 16.8 Å². The van der Waals surface area contributed by atoms with E-state index in [-0.39, 0.29) is 12.1 Å². The molecule has 23 heavy (non-hydrogen) atoms.